The lowest BCUT2D eigenvalue weighted by Crippen LogP contribution is -2.36. The minimum atomic E-state index is -0.513. The topological polar surface area (TPSA) is 65.1 Å². The molecule has 0 spiro atoms. The third-order valence-electron chi connectivity index (χ3n) is 4.40. The number of esters is 1. The van der Waals surface area contributed by atoms with Gasteiger partial charge in [0, 0.05) is 13.0 Å². The van der Waals surface area contributed by atoms with Crippen molar-refractivity contribution in [3.8, 4) is 5.75 Å². The minimum Gasteiger partial charge on any atom is -0.489 e. The Balaban J connectivity index is 1.48. The van der Waals surface area contributed by atoms with Crippen molar-refractivity contribution in [3.63, 3.8) is 0 Å². The van der Waals surface area contributed by atoms with Gasteiger partial charge in [0.05, 0.1) is 12.1 Å². The van der Waals surface area contributed by atoms with Gasteiger partial charge in [-0.1, -0.05) is 30.3 Å². The van der Waals surface area contributed by atoms with Crippen molar-refractivity contribution >= 4 is 12.1 Å². The fourth-order valence-electron chi connectivity index (χ4n) is 2.99. The lowest BCUT2D eigenvalue weighted by atomic mass is 10.2. The van der Waals surface area contributed by atoms with Crippen LogP contribution in [0.2, 0.25) is 0 Å². The van der Waals surface area contributed by atoms with Gasteiger partial charge >= 0.3 is 12.1 Å². The molecule has 1 saturated heterocycles. The summed E-state index contributed by atoms with van der Waals surface area (Å²) >= 11 is 0. The van der Waals surface area contributed by atoms with Crippen molar-refractivity contribution in [2.45, 2.75) is 45.5 Å². The van der Waals surface area contributed by atoms with Crippen LogP contribution >= 0.6 is 0 Å². The summed E-state index contributed by atoms with van der Waals surface area (Å²) in [7, 11) is 0. The normalized spacial score (nSPS) is 16.4. The number of hydrogen-bond acceptors (Lipinski definition) is 5. The molecular formula is C23H27NO5. The highest BCUT2D eigenvalue weighted by Crippen LogP contribution is 2.21. The summed E-state index contributed by atoms with van der Waals surface area (Å²) in [5.74, 6) is 0.276. The number of ether oxygens (including phenoxy) is 3. The van der Waals surface area contributed by atoms with Gasteiger partial charge in [0.2, 0.25) is 0 Å². The highest BCUT2D eigenvalue weighted by Gasteiger charge is 2.30. The van der Waals surface area contributed by atoms with Crippen LogP contribution in [0, 0.1) is 0 Å². The zero-order valence-corrected chi connectivity index (χ0v) is 17.1. The molecule has 1 aliphatic heterocycles. The molecule has 1 unspecified atom stereocenters. The molecule has 0 bridgehead atoms. The predicted molar refractivity (Wildman–Crippen MR) is 109 cm³/mol. The molecule has 1 aliphatic rings. The van der Waals surface area contributed by atoms with E-state index in [9.17, 15) is 9.59 Å². The first-order valence-corrected chi connectivity index (χ1v) is 9.76. The SMILES string of the molecule is CC(C)(C)OC(=O)N1CCC(Oc2ccc(C(=O)OCc3ccccc3)cc2)C1. The van der Waals surface area contributed by atoms with Crippen molar-refractivity contribution in [1.29, 1.82) is 0 Å². The van der Waals surface area contributed by atoms with Crippen LogP contribution in [0.5, 0.6) is 5.75 Å². The quantitative estimate of drug-likeness (QED) is 0.698. The monoisotopic (exact) mass is 397 g/mol. The van der Waals surface area contributed by atoms with Crippen LogP contribution in [0.3, 0.4) is 0 Å². The Labute approximate surface area is 171 Å². The van der Waals surface area contributed by atoms with Crippen LogP contribution in [0.1, 0.15) is 43.1 Å². The van der Waals surface area contributed by atoms with Gasteiger partial charge in [-0.15, -0.1) is 0 Å². The zero-order chi connectivity index (χ0) is 20.9. The summed E-state index contributed by atoms with van der Waals surface area (Å²) in [4.78, 5) is 26.0. The maximum absolute atomic E-state index is 12.2. The molecule has 2 aromatic rings. The molecule has 154 valence electrons. The molecule has 0 N–H and O–H groups in total. The molecule has 1 atom stereocenters. The van der Waals surface area contributed by atoms with Crippen molar-refractivity contribution in [1.82, 2.24) is 4.90 Å². The van der Waals surface area contributed by atoms with Gasteiger partial charge in [-0.3, -0.25) is 0 Å². The first kappa shape index (κ1) is 20.7. The minimum absolute atomic E-state index is 0.0987. The Morgan fingerprint density at radius 3 is 2.38 bits per heavy atom. The van der Waals surface area contributed by atoms with Crippen LogP contribution in [-0.4, -0.2) is 41.8 Å². The van der Waals surface area contributed by atoms with Crippen LogP contribution in [0.4, 0.5) is 4.79 Å². The van der Waals surface area contributed by atoms with E-state index >= 15 is 0 Å². The van der Waals surface area contributed by atoms with Crippen LogP contribution in [-0.2, 0) is 16.1 Å². The summed E-state index contributed by atoms with van der Waals surface area (Å²) in [5, 5.41) is 0. The Kier molecular flexibility index (Phi) is 6.42. The van der Waals surface area contributed by atoms with Crippen molar-refractivity contribution in [2.75, 3.05) is 13.1 Å². The summed E-state index contributed by atoms with van der Waals surface area (Å²) in [6.45, 7) is 6.86. The molecule has 1 fully saturated rings. The molecule has 29 heavy (non-hydrogen) atoms. The number of nitrogens with zero attached hydrogens (tertiary/aromatic N) is 1. The van der Waals surface area contributed by atoms with E-state index in [2.05, 4.69) is 0 Å². The van der Waals surface area contributed by atoms with Gasteiger partial charge in [-0.05, 0) is 50.6 Å². The van der Waals surface area contributed by atoms with E-state index in [4.69, 9.17) is 14.2 Å². The average Bonchev–Trinajstić information content (AvgIpc) is 3.15. The molecule has 6 heteroatoms. The average molecular weight is 397 g/mol. The van der Waals surface area contributed by atoms with Crippen LogP contribution in [0.25, 0.3) is 0 Å². The second-order valence-electron chi connectivity index (χ2n) is 8.04. The maximum Gasteiger partial charge on any atom is 0.410 e. The van der Waals surface area contributed by atoms with Crippen molar-refractivity contribution in [2.24, 2.45) is 0 Å². The van der Waals surface area contributed by atoms with Gasteiger partial charge in [0.15, 0.2) is 0 Å². The van der Waals surface area contributed by atoms with Gasteiger partial charge in [0.25, 0.3) is 0 Å². The smallest absolute Gasteiger partial charge is 0.410 e. The van der Waals surface area contributed by atoms with E-state index in [1.807, 2.05) is 51.1 Å². The predicted octanol–water partition coefficient (Wildman–Crippen LogP) is 4.43. The van der Waals surface area contributed by atoms with E-state index in [0.29, 0.717) is 24.4 Å². The lowest BCUT2D eigenvalue weighted by molar-refractivity contribution is 0.0275. The molecular weight excluding hydrogens is 370 g/mol. The largest absolute Gasteiger partial charge is 0.489 e. The molecule has 2 aromatic carbocycles. The summed E-state index contributed by atoms with van der Waals surface area (Å²) < 4.78 is 16.7. The van der Waals surface area contributed by atoms with Gasteiger partial charge < -0.3 is 19.1 Å². The van der Waals surface area contributed by atoms with Gasteiger partial charge in [0.1, 0.15) is 24.1 Å². The number of rotatable bonds is 5. The second kappa shape index (κ2) is 8.99. The highest BCUT2D eigenvalue weighted by molar-refractivity contribution is 5.89. The molecule has 1 amide bonds. The van der Waals surface area contributed by atoms with Gasteiger partial charge in [-0.25, -0.2) is 9.59 Å². The molecule has 1 heterocycles. The number of carbonyl (C=O) groups excluding carboxylic acids is 2. The Morgan fingerprint density at radius 2 is 1.72 bits per heavy atom. The number of amides is 1. The van der Waals surface area contributed by atoms with Gasteiger partial charge in [-0.2, -0.15) is 0 Å². The fraction of sp³-hybridized carbons (Fsp3) is 0.391. The van der Waals surface area contributed by atoms with Crippen LogP contribution in [0.15, 0.2) is 54.6 Å². The third-order valence-corrected chi connectivity index (χ3v) is 4.40. The molecule has 0 radical (unpaired) electrons. The first-order valence-electron chi connectivity index (χ1n) is 9.76. The summed E-state index contributed by atoms with van der Waals surface area (Å²) in [5.41, 5.74) is 0.896. The van der Waals surface area contributed by atoms with E-state index in [0.717, 1.165) is 12.0 Å². The fourth-order valence-corrected chi connectivity index (χ4v) is 2.99. The van der Waals surface area contributed by atoms with Crippen molar-refractivity contribution < 1.29 is 23.8 Å². The lowest BCUT2D eigenvalue weighted by Gasteiger charge is -2.24. The number of likely N-dealkylation sites (tertiary alicyclic amines) is 1. The molecule has 3 rings (SSSR count). The number of hydrogen-bond donors (Lipinski definition) is 0. The maximum atomic E-state index is 12.2. The Hall–Kier alpha value is -3.02. The molecule has 0 aromatic heterocycles. The number of benzene rings is 2. The molecule has 6 nitrogen and oxygen atoms in total. The van der Waals surface area contributed by atoms with E-state index in [1.54, 1.807) is 29.2 Å². The third kappa shape index (κ3) is 6.24. The Morgan fingerprint density at radius 1 is 1.03 bits per heavy atom. The molecule has 0 aliphatic carbocycles. The number of carbonyl (C=O) groups is 2. The summed E-state index contributed by atoms with van der Waals surface area (Å²) in [6, 6.07) is 16.4. The standard InChI is InChI=1S/C23H27NO5/c1-23(2,3)29-22(26)24-14-13-20(15-24)28-19-11-9-18(10-12-19)21(25)27-16-17-7-5-4-6-8-17/h4-12,20H,13-16H2,1-3H3. The highest BCUT2D eigenvalue weighted by atomic mass is 16.6. The van der Waals surface area contributed by atoms with E-state index < -0.39 is 5.60 Å². The summed E-state index contributed by atoms with van der Waals surface area (Å²) in [6.07, 6.45) is 0.318. The van der Waals surface area contributed by atoms with Crippen molar-refractivity contribution in [3.05, 3.63) is 65.7 Å². The van der Waals surface area contributed by atoms with E-state index in [-0.39, 0.29) is 24.8 Å². The Bertz CT molecular complexity index is 827. The van der Waals surface area contributed by atoms with E-state index in [1.165, 1.54) is 0 Å². The zero-order valence-electron chi connectivity index (χ0n) is 17.1. The second-order valence-corrected chi connectivity index (χ2v) is 8.04. The molecule has 0 saturated carbocycles. The first-order chi connectivity index (χ1) is 13.8. The van der Waals surface area contributed by atoms with Crippen LogP contribution < -0.4 is 4.74 Å².